The van der Waals surface area contributed by atoms with Crippen LogP contribution >= 0.6 is 22.6 Å². The van der Waals surface area contributed by atoms with E-state index in [1.165, 1.54) is 12.1 Å². The van der Waals surface area contributed by atoms with Gasteiger partial charge < -0.3 is 14.2 Å². The van der Waals surface area contributed by atoms with Crippen molar-refractivity contribution in [3.05, 3.63) is 92.8 Å². The standard InChI is InChI=1S/C35H37IN6O4S/c1-21-9-7-10-22(2)31(21)29-16-30-39-34(38-29)40-47(44,45)26-12-8-11-23(15-26)33(43)42(25(20-46-30)17-35(3,4)5)18-24-13-14-27-28(36)19-41(6)32(27)37-24/h7-16,19,25H,17-18,20H2,1-6H3,(H,38,39,40)/t25-/m1/s1. The molecule has 1 amide bonds. The van der Waals surface area contributed by atoms with E-state index < -0.39 is 16.1 Å². The van der Waals surface area contributed by atoms with Gasteiger partial charge in [0.15, 0.2) is 0 Å². The molecular formula is C35H37IN6O4S. The Morgan fingerprint density at radius 1 is 1.00 bits per heavy atom. The maximum absolute atomic E-state index is 14.5. The molecule has 1 aliphatic rings. The number of nitrogens with zero attached hydrogens (tertiary/aromatic N) is 5. The summed E-state index contributed by atoms with van der Waals surface area (Å²) in [7, 11) is -2.21. The van der Waals surface area contributed by atoms with E-state index in [2.05, 4.69) is 58.1 Å². The predicted molar refractivity (Wildman–Crippen MR) is 191 cm³/mol. The van der Waals surface area contributed by atoms with Crippen molar-refractivity contribution in [1.29, 1.82) is 0 Å². The number of aryl methyl sites for hydroxylation is 3. The lowest BCUT2D eigenvalue weighted by Gasteiger charge is -2.35. The molecule has 4 bridgehead atoms. The van der Waals surface area contributed by atoms with Gasteiger partial charge in [-0.2, -0.15) is 4.98 Å². The second-order valence-electron chi connectivity index (χ2n) is 13.2. The fourth-order valence-corrected chi connectivity index (χ4v) is 7.88. The molecule has 0 saturated heterocycles. The Kier molecular flexibility index (Phi) is 8.77. The van der Waals surface area contributed by atoms with Crippen LogP contribution in [0.15, 0.2) is 71.8 Å². The Labute approximate surface area is 288 Å². The highest BCUT2D eigenvalue weighted by atomic mass is 127. The summed E-state index contributed by atoms with van der Waals surface area (Å²) in [5, 5.41) is 1.03. The molecule has 1 aliphatic heterocycles. The number of ether oxygens (including phenoxy) is 1. The summed E-state index contributed by atoms with van der Waals surface area (Å²) in [4.78, 5) is 30.2. The van der Waals surface area contributed by atoms with Gasteiger partial charge in [-0.05, 0) is 89.7 Å². The van der Waals surface area contributed by atoms with Crippen molar-refractivity contribution in [3.8, 4) is 17.1 Å². The van der Waals surface area contributed by atoms with Crippen molar-refractivity contribution in [3.63, 3.8) is 0 Å². The first-order valence-corrected chi connectivity index (χ1v) is 17.9. The van der Waals surface area contributed by atoms with Gasteiger partial charge in [0.2, 0.25) is 11.8 Å². The van der Waals surface area contributed by atoms with Crippen LogP contribution in [-0.2, 0) is 23.6 Å². The summed E-state index contributed by atoms with van der Waals surface area (Å²) in [5.41, 5.74) is 4.94. The molecule has 4 heterocycles. The number of anilines is 1. The van der Waals surface area contributed by atoms with Crippen LogP contribution in [0.25, 0.3) is 22.3 Å². The van der Waals surface area contributed by atoms with Crippen LogP contribution in [0, 0.1) is 22.8 Å². The van der Waals surface area contributed by atoms with E-state index >= 15 is 0 Å². The molecule has 0 aliphatic carbocycles. The van der Waals surface area contributed by atoms with Crippen LogP contribution in [0.5, 0.6) is 5.88 Å². The number of benzene rings is 2. The topological polar surface area (TPSA) is 119 Å². The zero-order valence-corrected chi connectivity index (χ0v) is 30.2. The van der Waals surface area contributed by atoms with Gasteiger partial charge in [-0.15, -0.1) is 0 Å². The maximum atomic E-state index is 14.5. The Bertz CT molecular complexity index is 2100. The van der Waals surface area contributed by atoms with Crippen LogP contribution in [0.4, 0.5) is 5.95 Å². The molecule has 3 aromatic heterocycles. The summed E-state index contributed by atoms with van der Waals surface area (Å²) in [6, 6.07) is 17.3. The van der Waals surface area contributed by atoms with E-state index in [0.717, 1.165) is 31.3 Å². The van der Waals surface area contributed by atoms with Crippen molar-refractivity contribution in [2.75, 3.05) is 11.3 Å². The first kappa shape index (κ1) is 32.9. The average molecular weight is 765 g/mol. The van der Waals surface area contributed by atoms with Gasteiger partial charge in [0.25, 0.3) is 15.9 Å². The van der Waals surface area contributed by atoms with Gasteiger partial charge in [-0.25, -0.2) is 23.1 Å². The first-order chi connectivity index (χ1) is 22.2. The number of hydrogen-bond acceptors (Lipinski definition) is 7. The van der Waals surface area contributed by atoms with E-state index in [-0.39, 0.29) is 46.8 Å². The molecule has 0 spiro atoms. The number of halogens is 1. The maximum Gasteiger partial charge on any atom is 0.264 e. The number of amides is 1. The molecule has 5 aromatic rings. The third-order valence-electron chi connectivity index (χ3n) is 8.19. The van der Waals surface area contributed by atoms with Crippen LogP contribution in [0.1, 0.15) is 54.4 Å². The lowest BCUT2D eigenvalue weighted by atomic mass is 9.87. The SMILES string of the molecule is Cc1cccc(C)c1-c1cc2nc(n1)NS(=O)(=O)c1cccc(c1)C(=O)N(Cc1ccc3c(I)cn(C)c3n1)[C@H](CC(C)(C)C)CO2. The van der Waals surface area contributed by atoms with E-state index in [0.29, 0.717) is 17.8 Å². The summed E-state index contributed by atoms with van der Waals surface area (Å²) < 4.78 is 39.3. The molecule has 47 heavy (non-hydrogen) atoms. The molecule has 1 atom stereocenters. The van der Waals surface area contributed by atoms with Gasteiger partial charge in [0.1, 0.15) is 12.3 Å². The number of pyridine rings is 1. The number of carbonyl (C=O) groups is 1. The molecule has 0 fully saturated rings. The highest BCUT2D eigenvalue weighted by Gasteiger charge is 2.32. The van der Waals surface area contributed by atoms with Gasteiger partial charge in [-0.3, -0.25) is 4.79 Å². The molecule has 0 unspecified atom stereocenters. The van der Waals surface area contributed by atoms with Gasteiger partial charge in [0.05, 0.1) is 28.9 Å². The fraction of sp³-hybridized carbons (Fsp3) is 0.314. The smallest absolute Gasteiger partial charge is 0.264 e. The molecule has 2 aromatic carbocycles. The monoisotopic (exact) mass is 764 g/mol. The third-order valence-corrected chi connectivity index (χ3v) is 10.4. The normalized spacial score (nSPS) is 16.5. The Balaban J connectivity index is 1.51. The number of fused-ring (bicyclic) bond motifs is 5. The average Bonchev–Trinajstić information content (AvgIpc) is 3.28. The van der Waals surface area contributed by atoms with Crippen molar-refractivity contribution in [2.24, 2.45) is 12.5 Å². The molecule has 1 N–H and O–H groups in total. The number of nitrogens with one attached hydrogen (secondary N) is 1. The Morgan fingerprint density at radius 3 is 2.45 bits per heavy atom. The Morgan fingerprint density at radius 2 is 1.72 bits per heavy atom. The van der Waals surface area contributed by atoms with Crippen molar-refractivity contribution in [1.82, 2.24) is 24.4 Å². The lowest BCUT2D eigenvalue weighted by molar-refractivity contribution is 0.0509. The van der Waals surface area contributed by atoms with Crippen molar-refractivity contribution in [2.45, 2.75) is 58.5 Å². The highest BCUT2D eigenvalue weighted by molar-refractivity contribution is 14.1. The second kappa shape index (κ2) is 12.5. The Hall–Kier alpha value is -4.04. The zero-order chi connectivity index (χ0) is 33.7. The molecule has 0 radical (unpaired) electrons. The summed E-state index contributed by atoms with van der Waals surface area (Å²) in [6.45, 7) is 10.6. The molecule has 244 valence electrons. The van der Waals surface area contributed by atoms with Crippen LogP contribution in [-0.4, -0.2) is 51.4 Å². The summed E-state index contributed by atoms with van der Waals surface area (Å²) >= 11 is 2.29. The molecule has 6 rings (SSSR count). The summed E-state index contributed by atoms with van der Waals surface area (Å²) in [6.07, 6.45) is 2.62. The van der Waals surface area contributed by atoms with Crippen molar-refractivity contribution >= 4 is 55.5 Å². The molecule has 12 heteroatoms. The number of carbonyl (C=O) groups excluding carboxylic acids is 1. The number of sulfonamides is 1. The third kappa shape index (κ3) is 6.98. The first-order valence-electron chi connectivity index (χ1n) is 15.3. The van der Waals surface area contributed by atoms with Crippen molar-refractivity contribution < 1.29 is 17.9 Å². The zero-order valence-electron chi connectivity index (χ0n) is 27.2. The van der Waals surface area contributed by atoms with Crippen LogP contribution in [0.3, 0.4) is 0 Å². The fourth-order valence-electron chi connectivity index (χ4n) is 6.05. The minimum Gasteiger partial charge on any atom is -0.475 e. The minimum atomic E-state index is -4.16. The van der Waals surface area contributed by atoms with Crippen LogP contribution in [0.2, 0.25) is 0 Å². The van der Waals surface area contributed by atoms with Gasteiger partial charge in [-0.1, -0.05) is 45.0 Å². The minimum absolute atomic E-state index is 0.0728. The second-order valence-corrected chi connectivity index (χ2v) is 16.1. The number of hydrogen-bond donors (Lipinski definition) is 1. The quantitative estimate of drug-likeness (QED) is 0.198. The van der Waals surface area contributed by atoms with E-state index in [4.69, 9.17) is 9.72 Å². The van der Waals surface area contributed by atoms with E-state index in [1.807, 2.05) is 62.0 Å². The van der Waals surface area contributed by atoms with Gasteiger partial charge in [0, 0.05) is 39.4 Å². The predicted octanol–water partition coefficient (Wildman–Crippen LogP) is 6.89. The molecule has 10 nitrogen and oxygen atoms in total. The van der Waals surface area contributed by atoms with E-state index in [1.54, 1.807) is 23.1 Å². The summed E-state index contributed by atoms with van der Waals surface area (Å²) in [5.74, 6) is -0.239. The molecule has 0 saturated carbocycles. The number of aromatic nitrogens is 4. The highest BCUT2D eigenvalue weighted by Crippen LogP contribution is 2.32. The van der Waals surface area contributed by atoms with Crippen LogP contribution < -0.4 is 9.46 Å². The largest absolute Gasteiger partial charge is 0.475 e. The number of rotatable bonds is 4. The van der Waals surface area contributed by atoms with Gasteiger partial charge >= 0.3 is 0 Å². The lowest BCUT2D eigenvalue weighted by Crippen LogP contribution is -2.45. The van der Waals surface area contributed by atoms with E-state index in [9.17, 15) is 13.2 Å². The molecular weight excluding hydrogens is 727 g/mol.